The van der Waals surface area contributed by atoms with E-state index in [0.29, 0.717) is 6.54 Å². The van der Waals surface area contributed by atoms with Crippen molar-refractivity contribution in [2.24, 2.45) is 4.99 Å². The number of hydrogen-bond donors (Lipinski definition) is 1. The maximum atomic E-state index is 5.32. The Bertz CT molecular complexity index is 575. The number of aliphatic imine (C=N–C) groups is 1. The summed E-state index contributed by atoms with van der Waals surface area (Å²) in [6, 6.07) is 12.3. The minimum atomic E-state index is 0.651. The lowest BCUT2D eigenvalue weighted by Crippen LogP contribution is -2.40. The summed E-state index contributed by atoms with van der Waals surface area (Å²) in [6.45, 7) is 1.62. The van der Waals surface area contributed by atoms with E-state index in [1.54, 1.807) is 6.26 Å². The van der Waals surface area contributed by atoms with Gasteiger partial charge in [0.05, 0.1) is 12.8 Å². The molecule has 0 aliphatic carbocycles. The average molecular weight is 255 g/mol. The predicted molar refractivity (Wildman–Crippen MR) is 76.4 cm³/mol. The molecule has 1 aromatic heterocycles. The van der Waals surface area contributed by atoms with Crippen LogP contribution in [0.5, 0.6) is 0 Å². The standard InChI is InChI=1S/C15H17N3O/c1-16-15(17-11-13-6-4-10-19-13)18-9-8-12-5-2-3-7-14(12)18/h2-7,10H,8-9,11H2,1H3,(H,16,17). The second kappa shape index (κ2) is 5.18. The summed E-state index contributed by atoms with van der Waals surface area (Å²) in [5, 5.41) is 3.34. The Morgan fingerprint density at radius 1 is 1.32 bits per heavy atom. The SMILES string of the molecule is CN=C(NCc1ccco1)N1CCc2ccccc21. The Balaban J connectivity index is 1.74. The van der Waals surface area contributed by atoms with E-state index in [0.717, 1.165) is 24.7 Å². The van der Waals surface area contributed by atoms with Crippen LogP contribution in [0.4, 0.5) is 5.69 Å². The van der Waals surface area contributed by atoms with Crippen LogP contribution in [0.3, 0.4) is 0 Å². The number of nitrogens with zero attached hydrogens (tertiary/aromatic N) is 2. The number of guanidine groups is 1. The van der Waals surface area contributed by atoms with Crippen LogP contribution in [0, 0.1) is 0 Å². The molecule has 2 aromatic rings. The third kappa shape index (κ3) is 2.34. The molecule has 19 heavy (non-hydrogen) atoms. The number of hydrogen-bond acceptors (Lipinski definition) is 2. The molecule has 98 valence electrons. The predicted octanol–water partition coefficient (Wildman–Crippen LogP) is 2.42. The largest absolute Gasteiger partial charge is 0.467 e. The van der Waals surface area contributed by atoms with Gasteiger partial charge in [0, 0.05) is 19.3 Å². The van der Waals surface area contributed by atoms with Gasteiger partial charge in [0.25, 0.3) is 0 Å². The quantitative estimate of drug-likeness (QED) is 0.662. The van der Waals surface area contributed by atoms with Crippen LogP contribution >= 0.6 is 0 Å². The van der Waals surface area contributed by atoms with E-state index in [2.05, 4.69) is 39.5 Å². The molecule has 0 saturated carbocycles. The Morgan fingerprint density at radius 2 is 2.21 bits per heavy atom. The molecule has 1 aliphatic heterocycles. The lowest BCUT2D eigenvalue weighted by Gasteiger charge is -2.21. The van der Waals surface area contributed by atoms with Gasteiger partial charge in [0.2, 0.25) is 0 Å². The molecule has 2 heterocycles. The second-order valence-electron chi connectivity index (χ2n) is 4.51. The van der Waals surface area contributed by atoms with Gasteiger partial charge in [0.1, 0.15) is 5.76 Å². The summed E-state index contributed by atoms with van der Waals surface area (Å²) in [4.78, 5) is 6.58. The molecular formula is C15H17N3O. The first-order valence-corrected chi connectivity index (χ1v) is 6.47. The Labute approximate surface area is 112 Å². The van der Waals surface area contributed by atoms with Gasteiger partial charge in [-0.3, -0.25) is 4.99 Å². The molecule has 0 unspecified atom stereocenters. The van der Waals surface area contributed by atoms with Crippen molar-refractivity contribution in [3.8, 4) is 0 Å². The first-order valence-electron chi connectivity index (χ1n) is 6.47. The normalized spacial score (nSPS) is 14.6. The number of rotatable bonds is 2. The summed E-state index contributed by atoms with van der Waals surface area (Å²) in [6.07, 6.45) is 2.75. The summed E-state index contributed by atoms with van der Waals surface area (Å²) in [5.74, 6) is 1.80. The molecule has 0 amide bonds. The number of para-hydroxylation sites is 1. The number of anilines is 1. The maximum absolute atomic E-state index is 5.32. The van der Waals surface area contributed by atoms with E-state index >= 15 is 0 Å². The van der Waals surface area contributed by atoms with Crippen LogP contribution in [0.2, 0.25) is 0 Å². The van der Waals surface area contributed by atoms with Gasteiger partial charge >= 0.3 is 0 Å². The Kier molecular flexibility index (Phi) is 3.23. The van der Waals surface area contributed by atoms with Gasteiger partial charge in [-0.25, -0.2) is 0 Å². The van der Waals surface area contributed by atoms with Crippen LogP contribution in [-0.4, -0.2) is 19.6 Å². The molecule has 1 N–H and O–H groups in total. The van der Waals surface area contributed by atoms with Crippen molar-refractivity contribution in [1.82, 2.24) is 5.32 Å². The molecule has 1 aromatic carbocycles. The zero-order valence-electron chi connectivity index (χ0n) is 11.0. The Hall–Kier alpha value is -2.23. The fourth-order valence-corrected chi connectivity index (χ4v) is 2.43. The maximum Gasteiger partial charge on any atom is 0.198 e. The molecule has 0 spiro atoms. The number of fused-ring (bicyclic) bond motifs is 1. The highest BCUT2D eigenvalue weighted by atomic mass is 16.3. The van der Waals surface area contributed by atoms with Crippen molar-refractivity contribution < 1.29 is 4.42 Å². The van der Waals surface area contributed by atoms with Gasteiger partial charge in [-0.1, -0.05) is 18.2 Å². The number of furan rings is 1. The lowest BCUT2D eigenvalue weighted by atomic mass is 10.2. The van der Waals surface area contributed by atoms with Gasteiger partial charge in [-0.2, -0.15) is 0 Å². The van der Waals surface area contributed by atoms with E-state index in [4.69, 9.17) is 4.42 Å². The van der Waals surface area contributed by atoms with Gasteiger partial charge in [-0.05, 0) is 30.2 Å². The van der Waals surface area contributed by atoms with Crippen LogP contribution in [0.15, 0.2) is 52.1 Å². The average Bonchev–Trinajstić information content (AvgIpc) is 3.09. The van der Waals surface area contributed by atoms with Crippen molar-refractivity contribution in [2.45, 2.75) is 13.0 Å². The van der Waals surface area contributed by atoms with E-state index in [1.807, 2.05) is 19.2 Å². The Morgan fingerprint density at radius 3 is 3.00 bits per heavy atom. The van der Waals surface area contributed by atoms with Crippen molar-refractivity contribution >= 4 is 11.6 Å². The van der Waals surface area contributed by atoms with Crippen molar-refractivity contribution in [2.75, 3.05) is 18.5 Å². The van der Waals surface area contributed by atoms with E-state index in [-0.39, 0.29) is 0 Å². The van der Waals surface area contributed by atoms with Crippen LogP contribution in [-0.2, 0) is 13.0 Å². The minimum Gasteiger partial charge on any atom is -0.467 e. The summed E-state index contributed by atoms with van der Waals surface area (Å²) in [7, 11) is 1.81. The fraction of sp³-hybridized carbons (Fsp3) is 0.267. The molecular weight excluding hydrogens is 238 g/mol. The molecule has 0 radical (unpaired) electrons. The van der Waals surface area contributed by atoms with E-state index < -0.39 is 0 Å². The molecule has 0 atom stereocenters. The molecule has 3 rings (SSSR count). The zero-order chi connectivity index (χ0) is 13.1. The van der Waals surface area contributed by atoms with Crippen LogP contribution in [0.1, 0.15) is 11.3 Å². The first kappa shape index (κ1) is 11.8. The van der Waals surface area contributed by atoms with Gasteiger partial charge in [-0.15, -0.1) is 0 Å². The van der Waals surface area contributed by atoms with Crippen LogP contribution in [0.25, 0.3) is 0 Å². The van der Waals surface area contributed by atoms with E-state index in [1.165, 1.54) is 11.3 Å². The summed E-state index contributed by atoms with van der Waals surface area (Å²) < 4.78 is 5.32. The highest BCUT2D eigenvalue weighted by Gasteiger charge is 2.22. The van der Waals surface area contributed by atoms with Crippen molar-refractivity contribution in [3.63, 3.8) is 0 Å². The minimum absolute atomic E-state index is 0.651. The molecule has 4 heteroatoms. The smallest absolute Gasteiger partial charge is 0.198 e. The summed E-state index contributed by atoms with van der Waals surface area (Å²) in [5.41, 5.74) is 2.62. The zero-order valence-corrected chi connectivity index (χ0v) is 11.0. The molecule has 0 fully saturated rings. The highest BCUT2D eigenvalue weighted by molar-refractivity contribution is 5.97. The van der Waals surface area contributed by atoms with Crippen LogP contribution < -0.4 is 10.2 Å². The van der Waals surface area contributed by atoms with Gasteiger partial charge < -0.3 is 14.6 Å². The highest BCUT2D eigenvalue weighted by Crippen LogP contribution is 2.27. The molecule has 1 aliphatic rings. The topological polar surface area (TPSA) is 40.8 Å². The second-order valence-corrected chi connectivity index (χ2v) is 4.51. The molecule has 4 nitrogen and oxygen atoms in total. The first-order chi connectivity index (χ1) is 9.38. The van der Waals surface area contributed by atoms with Crippen molar-refractivity contribution in [3.05, 3.63) is 54.0 Å². The number of benzene rings is 1. The lowest BCUT2D eigenvalue weighted by molar-refractivity contribution is 0.502. The monoisotopic (exact) mass is 255 g/mol. The number of nitrogens with one attached hydrogen (secondary N) is 1. The molecule has 0 bridgehead atoms. The van der Waals surface area contributed by atoms with Crippen molar-refractivity contribution in [1.29, 1.82) is 0 Å². The molecule has 0 saturated heterocycles. The fourth-order valence-electron chi connectivity index (χ4n) is 2.43. The third-order valence-corrected chi connectivity index (χ3v) is 3.36. The van der Waals surface area contributed by atoms with E-state index in [9.17, 15) is 0 Å². The third-order valence-electron chi connectivity index (χ3n) is 3.36. The van der Waals surface area contributed by atoms with Gasteiger partial charge in [0.15, 0.2) is 5.96 Å². The summed E-state index contributed by atoms with van der Waals surface area (Å²) >= 11 is 0.